The summed E-state index contributed by atoms with van der Waals surface area (Å²) in [6.07, 6.45) is 3.80. The molecule has 3 aromatic rings. The molecule has 1 aromatic carbocycles. The maximum Gasteiger partial charge on any atom is 0.0958 e. The molecular weight excluding hydrogens is 236 g/mol. The van der Waals surface area contributed by atoms with Crippen molar-refractivity contribution in [1.29, 1.82) is 0 Å². The van der Waals surface area contributed by atoms with Crippen LogP contribution < -0.4 is 5.32 Å². The number of fused-ring (bicyclic) bond motifs is 1. The SMILES string of the molecule is CCNCc1ccn(-c2cccc3cccnc23)n1. The predicted molar refractivity (Wildman–Crippen MR) is 76.2 cm³/mol. The third kappa shape index (κ3) is 2.35. The van der Waals surface area contributed by atoms with Gasteiger partial charge in [-0.25, -0.2) is 4.68 Å². The Morgan fingerprint density at radius 1 is 1.16 bits per heavy atom. The van der Waals surface area contributed by atoms with Crippen LogP contribution in [0.3, 0.4) is 0 Å². The summed E-state index contributed by atoms with van der Waals surface area (Å²) in [6.45, 7) is 3.83. The minimum atomic E-state index is 0.793. The zero-order valence-electron chi connectivity index (χ0n) is 10.9. The van der Waals surface area contributed by atoms with Gasteiger partial charge in [0.25, 0.3) is 0 Å². The smallest absolute Gasteiger partial charge is 0.0958 e. The number of rotatable bonds is 4. The molecular formula is C15H16N4. The van der Waals surface area contributed by atoms with Gasteiger partial charge in [-0.1, -0.05) is 25.1 Å². The number of benzene rings is 1. The Morgan fingerprint density at radius 3 is 2.95 bits per heavy atom. The van der Waals surface area contributed by atoms with Crippen molar-refractivity contribution < 1.29 is 0 Å². The van der Waals surface area contributed by atoms with Crippen molar-refractivity contribution in [2.75, 3.05) is 6.54 Å². The Labute approximate surface area is 112 Å². The van der Waals surface area contributed by atoms with Gasteiger partial charge in [0.2, 0.25) is 0 Å². The van der Waals surface area contributed by atoms with Crippen LogP contribution in [0.15, 0.2) is 48.8 Å². The van der Waals surface area contributed by atoms with Crippen LogP contribution in [0.5, 0.6) is 0 Å². The first-order chi connectivity index (χ1) is 9.38. The summed E-state index contributed by atoms with van der Waals surface area (Å²) in [7, 11) is 0. The Morgan fingerprint density at radius 2 is 2.05 bits per heavy atom. The number of para-hydroxylation sites is 1. The topological polar surface area (TPSA) is 42.7 Å². The lowest BCUT2D eigenvalue weighted by atomic mass is 10.2. The van der Waals surface area contributed by atoms with Crippen LogP contribution in [0.2, 0.25) is 0 Å². The van der Waals surface area contributed by atoms with E-state index in [1.807, 2.05) is 41.3 Å². The molecule has 0 saturated carbocycles. The fourth-order valence-electron chi connectivity index (χ4n) is 2.12. The molecule has 0 radical (unpaired) electrons. The second kappa shape index (κ2) is 5.20. The highest BCUT2D eigenvalue weighted by Crippen LogP contribution is 2.19. The molecule has 0 aliphatic carbocycles. The lowest BCUT2D eigenvalue weighted by molar-refractivity contribution is 0.697. The Bertz CT molecular complexity index is 682. The number of hydrogen-bond acceptors (Lipinski definition) is 3. The van der Waals surface area contributed by atoms with Gasteiger partial charge in [-0.05, 0) is 24.7 Å². The Balaban J connectivity index is 2.02. The van der Waals surface area contributed by atoms with Gasteiger partial charge in [-0.3, -0.25) is 4.98 Å². The van der Waals surface area contributed by atoms with E-state index in [1.165, 1.54) is 0 Å². The summed E-state index contributed by atoms with van der Waals surface area (Å²) in [4.78, 5) is 4.45. The van der Waals surface area contributed by atoms with E-state index >= 15 is 0 Å². The molecule has 1 N–H and O–H groups in total. The molecule has 0 saturated heterocycles. The molecule has 3 rings (SSSR count). The number of nitrogens with one attached hydrogen (secondary N) is 1. The molecule has 4 nitrogen and oxygen atoms in total. The maximum absolute atomic E-state index is 4.58. The molecule has 0 aliphatic heterocycles. The molecule has 2 heterocycles. The molecule has 19 heavy (non-hydrogen) atoms. The minimum absolute atomic E-state index is 0.793. The average molecular weight is 252 g/mol. The van der Waals surface area contributed by atoms with Crippen molar-refractivity contribution in [3.8, 4) is 5.69 Å². The number of hydrogen-bond donors (Lipinski definition) is 1. The lowest BCUT2D eigenvalue weighted by Gasteiger charge is -2.05. The summed E-state index contributed by atoms with van der Waals surface area (Å²) < 4.78 is 1.89. The molecule has 0 atom stereocenters. The standard InChI is InChI=1S/C15H16N4/c1-2-16-11-13-8-10-19(18-13)14-7-3-5-12-6-4-9-17-15(12)14/h3-10,16H,2,11H2,1H3. The molecule has 0 spiro atoms. The molecule has 0 unspecified atom stereocenters. The van der Waals surface area contributed by atoms with E-state index in [0.29, 0.717) is 0 Å². The monoisotopic (exact) mass is 252 g/mol. The third-order valence-electron chi connectivity index (χ3n) is 3.06. The van der Waals surface area contributed by atoms with E-state index in [4.69, 9.17) is 0 Å². The van der Waals surface area contributed by atoms with Crippen molar-refractivity contribution in [1.82, 2.24) is 20.1 Å². The summed E-state index contributed by atoms with van der Waals surface area (Å²) in [5.74, 6) is 0. The highest BCUT2D eigenvalue weighted by molar-refractivity contribution is 5.86. The van der Waals surface area contributed by atoms with Gasteiger partial charge in [0.05, 0.1) is 16.9 Å². The van der Waals surface area contributed by atoms with E-state index in [9.17, 15) is 0 Å². The normalized spacial score (nSPS) is 11.0. The van der Waals surface area contributed by atoms with Crippen molar-refractivity contribution in [3.63, 3.8) is 0 Å². The largest absolute Gasteiger partial charge is 0.311 e. The molecule has 0 amide bonds. The molecule has 4 heteroatoms. The quantitative estimate of drug-likeness (QED) is 0.776. The number of pyridine rings is 1. The molecule has 0 aliphatic rings. The van der Waals surface area contributed by atoms with Crippen molar-refractivity contribution in [3.05, 3.63) is 54.5 Å². The Kier molecular flexibility index (Phi) is 3.25. The van der Waals surface area contributed by atoms with Gasteiger partial charge in [0.15, 0.2) is 0 Å². The molecule has 0 fully saturated rings. The van der Waals surface area contributed by atoms with Crippen molar-refractivity contribution in [2.45, 2.75) is 13.5 Å². The molecule has 96 valence electrons. The van der Waals surface area contributed by atoms with Crippen LogP contribution >= 0.6 is 0 Å². The summed E-state index contributed by atoms with van der Waals surface area (Å²) in [5, 5.41) is 8.99. The van der Waals surface area contributed by atoms with E-state index in [0.717, 1.165) is 35.4 Å². The van der Waals surface area contributed by atoms with Crippen molar-refractivity contribution in [2.24, 2.45) is 0 Å². The van der Waals surface area contributed by atoms with E-state index in [2.05, 4.69) is 34.5 Å². The lowest BCUT2D eigenvalue weighted by Crippen LogP contribution is -2.12. The van der Waals surface area contributed by atoms with Crippen molar-refractivity contribution >= 4 is 10.9 Å². The van der Waals surface area contributed by atoms with Crippen LogP contribution in [-0.4, -0.2) is 21.3 Å². The first kappa shape index (κ1) is 11.9. The van der Waals surface area contributed by atoms with Gasteiger partial charge in [0, 0.05) is 24.3 Å². The van der Waals surface area contributed by atoms with E-state index in [-0.39, 0.29) is 0 Å². The second-order valence-corrected chi connectivity index (χ2v) is 4.38. The van der Waals surface area contributed by atoms with Gasteiger partial charge < -0.3 is 5.32 Å². The molecule has 2 aromatic heterocycles. The molecule has 0 bridgehead atoms. The summed E-state index contributed by atoms with van der Waals surface area (Å²) >= 11 is 0. The van der Waals surface area contributed by atoms with Gasteiger partial charge in [0.1, 0.15) is 0 Å². The third-order valence-corrected chi connectivity index (χ3v) is 3.06. The van der Waals surface area contributed by atoms with Gasteiger partial charge in [-0.15, -0.1) is 0 Å². The Hall–Kier alpha value is -2.20. The zero-order valence-corrected chi connectivity index (χ0v) is 10.9. The van der Waals surface area contributed by atoms with Crippen LogP contribution in [0.4, 0.5) is 0 Å². The fraction of sp³-hybridized carbons (Fsp3) is 0.200. The number of nitrogens with zero attached hydrogens (tertiary/aromatic N) is 3. The second-order valence-electron chi connectivity index (χ2n) is 4.38. The summed E-state index contributed by atoms with van der Waals surface area (Å²) in [5.41, 5.74) is 3.03. The van der Waals surface area contributed by atoms with Gasteiger partial charge >= 0.3 is 0 Å². The highest BCUT2D eigenvalue weighted by atomic mass is 15.3. The first-order valence-corrected chi connectivity index (χ1v) is 6.48. The van der Waals surface area contributed by atoms with Crippen LogP contribution in [0.1, 0.15) is 12.6 Å². The van der Waals surface area contributed by atoms with Crippen LogP contribution in [0.25, 0.3) is 16.6 Å². The highest BCUT2D eigenvalue weighted by Gasteiger charge is 2.05. The zero-order chi connectivity index (χ0) is 13.1. The predicted octanol–water partition coefficient (Wildman–Crippen LogP) is 2.53. The average Bonchev–Trinajstić information content (AvgIpc) is 2.93. The van der Waals surface area contributed by atoms with E-state index in [1.54, 1.807) is 0 Å². The van der Waals surface area contributed by atoms with Crippen LogP contribution in [-0.2, 0) is 6.54 Å². The fourth-order valence-corrected chi connectivity index (χ4v) is 2.12. The maximum atomic E-state index is 4.58. The number of aromatic nitrogens is 3. The minimum Gasteiger partial charge on any atom is -0.311 e. The van der Waals surface area contributed by atoms with Gasteiger partial charge in [-0.2, -0.15) is 5.10 Å². The van der Waals surface area contributed by atoms with E-state index < -0.39 is 0 Å². The van der Waals surface area contributed by atoms with Crippen LogP contribution in [0, 0.1) is 0 Å². The first-order valence-electron chi connectivity index (χ1n) is 6.48. The summed E-state index contributed by atoms with van der Waals surface area (Å²) in [6, 6.07) is 12.2.